The number of aromatic nitrogens is 1. The minimum Gasteiger partial charge on any atom is -0.339 e. The molecule has 2 rings (SSSR count). The molecule has 1 N–H and O–H groups in total. The van der Waals surface area contributed by atoms with Gasteiger partial charge in [-0.05, 0) is 30.3 Å². The maximum Gasteiger partial charge on any atom is 0.433 e. The van der Waals surface area contributed by atoms with Gasteiger partial charge in [-0.25, -0.2) is 4.98 Å². The number of pyridine rings is 1. The second-order valence-corrected chi connectivity index (χ2v) is 4.05. The van der Waals surface area contributed by atoms with Crippen LogP contribution in [0.4, 0.5) is 24.7 Å². The number of nitrogens with zero attached hydrogens (tertiary/aromatic N) is 2. The Bertz CT molecular complexity index is 752. The number of nitrogens with one attached hydrogen (secondary N) is 1. The first-order valence-corrected chi connectivity index (χ1v) is 5.76. The number of hydrogen-bond donors (Lipinski definition) is 1. The van der Waals surface area contributed by atoms with Gasteiger partial charge in [0.1, 0.15) is 17.6 Å². The molecule has 0 spiro atoms. The number of nitriles is 1. The van der Waals surface area contributed by atoms with Crippen LogP contribution in [0.2, 0.25) is 0 Å². The molecule has 0 aliphatic heterocycles. The van der Waals surface area contributed by atoms with Crippen molar-refractivity contribution in [1.29, 1.82) is 5.26 Å². The third-order valence-corrected chi connectivity index (χ3v) is 2.60. The molecular formula is C15H8F3N3. The van der Waals surface area contributed by atoms with Crippen molar-refractivity contribution in [1.82, 2.24) is 4.98 Å². The van der Waals surface area contributed by atoms with E-state index in [4.69, 9.17) is 11.7 Å². The number of rotatable bonds is 2. The van der Waals surface area contributed by atoms with E-state index < -0.39 is 11.9 Å². The molecule has 104 valence electrons. The van der Waals surface area contributed by atoms with Crippen LogP contribution in [-0.4, -0.2) is 4.98 Å². The van der Waals surface area contributed by atoms with E-state index in [0.717, 1.165) is 12.1 Å². The summed E-state index contributed by atoms with van der Waals surface area (Å²) in [6, 6.07) is 10.1. The first kappa shape index (κ1) is 14.4. The van der Waals surface area contributed by atoms with Crippen molar-refractivity contribution in [2.75, 3.05) is 5.32 Å². The Kier molecular flexibility index (Phi) is 3.82. The summed E-state index contributed by atoms with van der Waals surface area (Å²) in [6.45, 7) is 0. The molecule has 0 atom stereocenters. The molecule has 0 aliphatic rings. The van der Waals surface area contributed by atoms with Crippen LogP contribution in [0.3, 0.4) is 0 Å². The van der Waals surface area contributed by atoms with Gasteiger partial charge in [0.15, 0.2) is 0 Å². The molecule has 0 radical (unpaired) electrons. The van der Waals surface area contributed by atoms with Crippen LogP contribution in [0.25, 0.3) is 0 Å². The zero-order chi connectivity index (χ0) is 15.5. The molecular weight excluding hydrogens is 279 g/mol. The molecule has 6 heteroatoms. The predicted octanol–water partition coefficient (Wildman–Crippen LogP) is 3.70. The van der Waals surface area contributed by atoms with E-state index in [-0.39, 0.29) is 11.4 Å². The molecule has 0 saturated heterocycles. The van der Waals surface area contributed by atoms with Gasteiger partial charge in [-0.1, -0.05) is 12.0 Å². The zero-order valence-electron chi connectivity index (χ0n) is 10.6. The Hall–Kier alpha value is -2.99. The lowest BCUT2D eigenvalue weighted by atomic mass is 10.2. The lowest BCUT2D eigenvalue weighted by molar-refractivity contribution is -0.141. The van der Waals surface area contributed by atoms with Crippen LogP contribution in [0.15, 0.2) is 36.4 Å². The fourth-order valence-corrected chi connectivity index (χ4v) is 1.63. The molecule has 1 heterocycles. The Morgan fingerprint density at radius 3 is 2.57 bits per heavy atom. The Morgan fingerprint density at radius 1 is 1.19 bits per heavy atom. The molecule has 0 bridgehead atoms. The van der Waals surface area contributed by atoms with E-state index in [2.05, 4.69) is 16.2 Å². The van der Waals surface area contributed by atoms with E-state index in [1.807, 2.05) is 0 Å². The molecule has 0 aliphatic carbocycles. The Morgan fingerprint density at radius 2 is 1.95 bits per heavy atom. The maximum absolute atomic E-state index is 12.7. The molecule has 1 aromatic carbocycles. The molecule has 21 heavy (non-hydrogen) atoms. The van der Waals surface area contributed by atoms with Gasteiger partial charge >= 0.3 is 6.18 Å². The average molecular weight is 287 g/mol. The van der Waals surface area contributed by atoms with E-state index >= 15 is 0 Å². The lowest BCUT2D eigenvalue weighted by Gasteiger charge is -2.11. The maximum atomic E-state index is 12.7. The summed E-state index contributed by atoms with van der Waals surface area (Å²) < 4.78 is 38.0. The quantitative estimate of drug-likeness (QED) is 0.857. The van der Waals surface area contributed by atoms with Crippen LogP contribution in [0, 0.1) is 23.7 Å². The summed E-state index contributed by atoms with van der Waals surface area (Å²) in [4.78, 5) is 3.46. The van der Waals surface area contributed by atoms with Crippen molar-refractivity contribution in [3.8, 4) is 18.4 Å². The van der Waals surface area contributed by atoms with Crippen LogP contribution in [0.1, 0.15) is 16.8 Å². The lowest BCUT2D eigenvalue weighted by Crippen LogP contribution is -2.10. The summed E-state index contributed by atoms with van der Waals surface area (Å²) >= 11 is 0. The molecule has 0 fully saturated rings. The average Bonchev–Trinajstić information content (AvgIpc) is 2.46. The third kappa shape index (κ3) is 3.31. The summed E-state index contributed by atoms with van der Waals surface area (Å²) in [6.07, 6.45) is 0.677. The van der Waals surface area contributed by atoms with Crippen molar-refractivity contribution < 1.29 is 13.2 Å². The van der Waals surface area contributed by atoms with Crippen LogP contribution < -0.4 is 5.32 Å². The van der Waals surface area contributed by atoms with Crippen molar-refractivity contribution in [2.24, 2.45) is 0 Å². The summed E-state index contributed by atoms with van der Waals surface area (Å²) in [5, 5.41) is 11.6. The van der Waals surface area contributed by atoms with Gasteiger partial charge in [-0.15, -0.1) is 6.42 Å². The molecule has 3 nitrogen and oxygen atoms in total. The highest BCUT2D eigenvalue weighted by Crippen LogP contribution is 2.30. The predicted molar refractivity (Wildman–Crippen MR) is 71.6 cm³/mol. The summed E-state index contributed by atoms with van der Waals surface area (Å²) in [7, 11) is 0. The second kappa shape index (κ2) is 5.56. The SMILES string of the molecule is C#Cc1cccc(Nc2nc(C(F)(F)F)ccc2C#N)c1. The minimum atomic E-state index is -4.58. The van der Waals surface area contributed by atoms with E-state index in [0.29, 0.717) is 11.3 Å². The minimum absolute atomic E-state index is 0.00844. The van der Waals surface area contributed by atoms with Gasteiger partial charge < -0.3 is 5.32 Å². The highest BCUT2D eigenvalue weighted by molar-refractivity contribution is 5.64. The highest BCUT2D eigenvalue weighted by atomic mass is 19.4. The normalized spacial score (nSPS) is 10.5. The highest BCUT2D eigenvalue weighted by Gasteiger charge is 2.33. The monoisotopic (exact) mass is 287 g/mol. The number of terminal acetylenes is 1. The van der Waals surface area contributed by atoms with Crippen molar-refractivity contribution in [2.45, 2.75) is 6.18 Å². The Balaban J connectivity index is 2.43. The van der Waals surface area contributed by atoms with E-state index in [1.165, 1.54) is 0 Å². The number of hydrogen-bond acceptors (Lipinski definition) is 3. The molecule has 0 unspecified atom stereocenters. The van der Waals surface area contributed by atoms with E-state index in [9.17, 15) is 13.2 Å². The molecule has 0 saturated carbocycles. The van der Waals surface area contributed by atoms with Gasteiger partial charge in [0.25, 0.3) is 0 Å². The number of halogens is 3. The smallest absolute Gasteiger partial charge is 0.339 e. The Labute approximate surface area is 119 Å². The van der Waals surface area contributed by atoms with Gasteiger partial charge in [-0.3, -0.25) is 0 Å². The first-order chi connectivity index (χ1) is 9.94. The fourth-order valence-electron chi connectivity index (χ4n) is 1.63. The van der Waals surface area contributed by atoms with Gasteiger partial charge in [-0.2, -0.15) is 18.4 Å². The van der Waals surface area contributed by atoms with Gasteiger partial charge in [0, 0.05) is 11.3 Å². The van der Waals surface area contributed by atoms with Crippen LogP contribution >= 0.6 is 0 Å². The largest absolute Gasteiger partial charge is 0.433 e. The number of alkyl halides is 3. The van der Waals surface area contributed by atoms with Crippen molar-refractivity contribution in [3.05, 3.63) is 53.2 Å². The summed E-state index contributed by atoms with van der Waals surface area (Å²) in [5.41, 5.74) is -0.0505. The van der Waals surface area contributed by atoms with E-state index in [1.54, 1.807) is 30.3 Å². The molecule has 2 aromatic rings. The molecule has 0 amide bonds. The standard InChI is InChI=1S/C15H8F3N3/c1-2-10-4-3-5-12(8-10)20-14-11(9-19)6-7-13(21-14)15(16,17)18/h1,3-8H,(H,20,21). The van der Waals surface area contributed by atoms with Crippen LogP contribution in [0.5, 0.6) is 0 Å². The number of benzene rings is 1. The zero-order valence-corrected chi connectivity index (χ0v) is 10.6. The first-order valence-electron chi connectivity index (χ1n) is 5.76. The second-order valence-electron chi connectivity index (χ2n) is 4.05. The third-order valence-electron chi connectivity index (χ3n) is 2.60. The molecule has 1 aromatic heterocycles. The van der Waals surface area contributed by atoms with Crippen molar-refractivity contribution >= 4 is 11.5 Å². The van der Waals surface area contributed by atoms with Crippen molar-refractivity contribution in [3.63, 3.8) is 0 Å². The fraction of sp³-hybridized carbons (Fsp3) is 0.0667. The number of anilines is 2. The summed E-state index contributed by atoms with van der Waals surface area (Å²) in [5.74, 6) is 2.25. The van der Waals surface area contributed by atoms with Gasteiger partial charge in [0.05, 0.1) is 5.56 Å². The topological polar surface area (TPSA) is 48.7 Å². The van der Waals surface area contributed by atoms with Crippen LogP contribution in [-0.2, 0) is 6.18 Å². The van der Waals surface area contributed by atoms with Gasteiger partial charge in [0.2, 0.25) is 0 Å².